The summed E-state index contributed by atoms with van der Waals surface area (Å²) in [6.07, 6.45) is 0.595. The standard InChI is InChI=1S/C23H22N4O2S/c1-15-8-6-7-11-19(15)24-21(28)13-12-18-16(2)26-27(22(18)29)23-25-20(14-30-23)17-9-4-3-5-10-17/h3-11,14,26H,12-13H2,1-2H3,(H,24,28). The molecule has 152 valence electrons. The second-order valence-electron chi connectivity index (χ2n) is 7.10. The summed E-state index contributed by atoms with van der Waals surface area (Å²) in [4.78, 5) is 29.9. The van der Waals surface area contributed by atoms with Gasteiger partial charge in [-0.3, -0.25) is 14.7 Å². The van der Waals surface area contributed by atoms with Gasteiger partial charge in [0.25, 0.3) is 5.56 Å². The highest BCUT2D eigenvalue weighted by Crippen LogP contribution is 2.23. The Morgan fingerprint density at radius 1 is 1.10 bits per heavy atom. The number of hydrogen-bond acceptors (Lipinski definition) is 4. The summed E-state index contributed by atoms with van der Waals surface area (Å²) in [5.41, 5.74) is 4.82. The molecule has 0 radical (unpaired) electrons. The van der Waals surface area contributed by atoms with Crippen molar-refractivity contribution >= 4 is 22.9 Å². The lowest BCUT2D eigenvalue weighted by Crippen LogP contribution is -2.19. The number of benzene rings is 2. The van der Waals surface area contributed by atoms with Gasteiger partial charge in [0.1, 0.15) is 0 Å². The Balaban J connectivity index is 1.49. The Morgan fingerprint density at radius 3 is 2.60 bits per heavy atom. The number of para-hydroxylation sites is 1. The molecule has 1 amide bonds. The van der Waals surface area contributed by atoms with E-state index in [2.05, 4.69) is 15.4 Å². The lowest BCUT2D eigenvalue weighted by molar-refractivity contribution is -0.116. The molecule has 2 heterocycles. The fourth-order valence-corrected chi connectivity index (χ4v) is 4.07. The average Bonchev–Trinajstić information content (AvgIpc) is 3.34. The summed E-state index contributed by atoms with van der Waals surface area (Å²) in [5, 5.41) is 8.52. The summed E-state index contributed by atoms with van der Waals surface area (Å²) in [6.45, 7) is 3.79. The van der Waals surface area contributed by atoms with Crippen molar-refractivity contribution in [2.75, 3.05) is 5.32 Å². The third-order valence-corrected chi connectivity index (χ3v) is 5.79. The van der Waals surface area contributed by atoms with Gasteiger partial charge in [-0.1, -0.05) is 48.5 Å². The Morgan fingerprint density at radius 2 is 1.83 bits per heavy atom. The molecule has 30 heavy (non-hydrogen) atoms. The van der Waals surface area contributed by atoms with E-state index in [0.717, 1.165) is 28.2 Å². The highest BCUT2D eigenvalue weighted by atomic mass is 32.1. The third kappa shape index (κ3) is 4.11. The van der Waals surface area contributed by atoms with Crippen molar-refractivity contribution in [3.63, 3.8) is 0 Å². The first-order valence-corrected chi connectivity index (χ1v) is 10.6. The smallest absolute Gasteiger partial charge is 0.276 e. The van der Waals surface area contributed by atoms with E-state index >= 15 is 0 Å². The molecule has 2 aromatic heterocycles. The molecular formula is C23H22N4O2S. The summed E-state index contributed by atoms with van der Waals surface area (Å²) in [6, 6.07) is 17.5. The van der Waals surface area contributed by atoms with Gasteiger partial charge >= 0.3 is 0 Å². The van der Waals surface area contributed by atoms with Crippen molar-refractivity contribution in [3.05, 3.63) is 87.2 Å². The molecular weight excluding hydrogens is 396 g/mol. The summed E-state index contributed by atoms with van der Waals surface area (Å²) < 4.78 is 1.46. The highest BCUT2D eigenvalue weighted by molar-refractivity contribution is 7.12. The predicted octanol–water partition coefficient (Wildman–Crippen LogP) is 4.48. The number of amides is 1. The van der Waals surface area contributed by atoms with Crippen LogP contribution in [0.1, 0.15) is 23.2 Å². The molecule has 0 aliphatic heterocycles. The molecule has 0 aliphatic rings. The summed E-state index contributed by atoms with van der Waals surface area (Å²) >= 11 is 1.40. The fourth-order valence-electron chi connectivity index (χ4n) is 3.28. The number of aromatic nitrogens is 3. The monoisotopic (exact) mass is 418 g/mol. The van der Waals surface area contributed by atoms with Crippen molar-refractivity contribution in [1.29, 1.82) is 0 Å². The van der Waals surface area contributed by atoms with Crippen LogP contribution >= 0.6 is 11.3 Å². The van der Waals surface area contributed by atoms with E-state index in [0.29, 0.717) is 17.1 Å². The van der Waals surface area contributed by atoms with E-state index in [-0.39, 0.29) is 17.9 Å². The molecule has 0 saturated carbocycles. The van der Waals surface area contributed by atoms with Crippen LogP contribution in [-0.2, 0) is 11.2 Å². The molecule has 7 heteroatoms. The molecule has 0 bridgehead atoms. The first kappa shape index (κ1) is 19.8. The number of rotatable bonds is 6. The number of thiazole rings is 1. The van der Waals surface area contributed by atoms with Gasteiger partial charge in [-0.05, 0) is 31.9 Å². The van der Waals surface area contributed by atoms with Crippen LogP contribution in [0.5, 0.6) is 0 Å². The minimum absolute atomic E-state index is 0.114. The van der Waals surface area contributed by atoms with Crippen molar-refractivity contribution in [2.45, 2.75) is 26.7 Å². The van der Waals surface area contributed by atoms with Gasteiger partial charge in [0.2, 0.25) is 11.0 Å². The average molecular weight is 419 g/mol. The van der Waals surface area contributed by atoms with Gasteiger partial charge < -0.3 is 5.32 Å². The quantitative estimate of drug-likeness (QED) is 0.485. The fraction of sp³-hybridized carbons (Fsp3) is 0.174. The Hall–Kier alpha value is -3.45. The van der Waals surface area contributed by atoms with Crippen LogP contribution in [0.4, 0.5) is 5.69 Å². The zero-order chi connectivity index (χ0) is 21.1. The maximum absolute atomic E-state index is 12.9. The van der Waals surface area contributed by atoms with Crippen molar-refractivity contribution in [2.24, 2.45) is 0 Å². The molecule has 0 unspecified atom stereocenters. The first-order valence-electron chi connectivity index (χ1n) is 9.70. The van der Waals surface area contributed by atoms with E-state index in [4.69, 9.17) is 0 Å². The molecule has 4 aromatic rings. The minimum atomic E-state index is -0.162. The number of carbonyl (C=O) groups is 1. The lowest BCUT2D eigenvalue weighted by atomic mass is 10.1. The minimum Gasteiger partial charge on any atom is -0.326 e. The molecule has 0 fully saturated rings. The maximum atomic E-state index is 12.9. The number of H-pyrrole nitrogens is 1. The second kappa shape index (κ2) is 8.51. The van der Waals surface area contributed by atoms with E-state index in [1.807, 2.05) is 73.8 Å². The van der Waals surface area contributed by atoms with Crippen LogP contribution in [-0.4, -0.2) is 20.7 Å². The van der Waals surface area contributed by atoms with E-state index < -0.39 is 0 Å². The molecule has 2 N–H and O–H groups in total. The molecule has 2 aromatic carbocycles. The van der Waals surface area contributed by atoms with E-state index in [1.54, 1.807) is 0 Å². The van der Waals surface area contributed by atoms with Crippen LogP contribution in [0.25, 0.3) is 16.4 Å². The molecule has 6 nitrogen and oxygen atoms in total. The van der Waals surface area contributed by atoms with Crippen LogP contribution in [0.2, 0.25) is 0 Å². The van der Waals surface area contributed by atoms with Crippen molar-refractivity contribution < 1.29 is 4.79 Å². The van der Waals surface area contributed by atoms with Gasteiger partial charge in [0, 0.05) is 34.3 Å². The Kier molecular flexibility index (Phi) is 5.63. The number of anilines is 1. The van der Waals surface area contributed by atoms with Gasteiger partial charge in [-0.15, -0.1) is 11.3 Å². The van der Waals surface area contributed by atoms with Crippen molar-refractivity contribution in [3.8, 4) is 16.4 Å². The molecule has 4 rings (SSSR count). The topological polar surface area (TPSA) is 79.8 Å². The molecule has 0 spiro atoms. The largest absolute Gasteiger partial charge is 0.326 e. The number of hydrogen-bond donors (Lipinski definition) is 2. The molecule has 0 atom stereocenters. The lowest BCUT2D eigenvalue weighted by Gasteiger charge is -2.07. The van der Waals surface area contributed by atoms with Gasteiger partial charge in [-0.25, -0.2) is 4.98 Å². The summed E-state index contributed by atoms with van der Waals surface area (Å²) in [5.74, 6) is -0.114. The van der Waals surface area contributed by atoms with Crippen LogP contribution in [0.15, 0.2) is 64.8 Å². The maximum Gasteiger partial charge on any atom is 0.276 e. The zero-order valence-corrected chi connectivity index (χ0v) is 17.6. The summed E-state index contributed by atoms with van der Waals surface area (Å²) in [7, 11) is 0. The van der Waals surface area contributed by atoms with Crippen LogP contribution in [0, 0.1) is 13.8 Å². The van der Waals surface area contributed by atoms with E-state index in [1.165, 1.54) is 16.0 Å². The molecule has 0 aliphatic carbocycles. The third-order valence-electron chi connectivity index (χ3n) is 4.97. The van der Waals surface area contributed by atoms with Crippen LogP contribution in [0.3, 0.4) is 0 Å². The zero-order valence-electron chi connectivity index (χ0n) is 16.8. The molecule has 0 saturated heterocycles. The van der Waals surface area contributed by atoms with Crippen molar-refractivity contribution in [1.82, 2.24) is 14.8 Å². The predicted molar refractivity (Wildman–Crippen MR) is 120 cm³/mol. The normalized spacial score (nSPS) is 10.9. The first-order chi connectivity index (χ1) is 14.5. The number of nitrogens with one attached hydrogen (secondary N) is 2. The number of carbonyl (C=O) groups excluding carboxylic acids is 1. The number of aryl methyl sites for hydroxylation is 2. The number of nitrogens with zero attached hydrogens (tertiary/aromatic N) is 2. The number of aromatic amines is 1. The van der Waals surface area contributed by atoms with Crippen LogP contribution < -0.4 is 10.9 Å². The second-order valence-corrected chi connectivity index (χ2v) is 7.94. The Bertz CT molecular complexity index is 1240. The van der Waals surface area contributed by atoms with Gasteiger partial charge in [0.15, 0.2) is 0 Å². The van der Waals surface area contributed by atoms with Gasteiger partial charge in [-0.2, -0.15) is 4.68 Å². The SMILES string of the molecule is Cc1ccccc1NC(=O)CCc1c(C)[nH]n(-c2nc(-c3ccccc3)cs2)c1=O. The van der Waals surface area contributed by atoms with Gasteiger partial charge in [0.05, 0.1) is 5.69 Å². The Labute approximate surface area is 178 Å². The van der Waals surface area contributed by atoms with E-state index in [9.17, 15) is 9.59 Å². The highest BCUT2D eigenvalue weighted by Gasteiger charge is 2.16.